The molecule has 0 aliphatic heterocycles. The van der Waals surface area contributed by atoms with Gasteiger partial charge in [-0.05, 0) is 36.9 Å². The molecule has 0 radical (unpaired) electrons. The van der Waals surface area contributed by atoms with Crippen LogP contribution in [0.3, 0.4) is 0 Å². The zero-order valence-electron chi connectivity index (χ0n) is 11.2. The van der Waals surface area contributed by atoms with Crippen LogP contribution in [-0.2, 0) is 6.42 Å². The van der Waals surface area contributed by atoms with Crippen LogP contribution in [0.1, 0.15) is 39.2 Å². The van der Waals surface area contributed by atoms with Crippen molar-refractivity contribution in [3.8, 4) is 0 Å². The van der Waals surface area contributed by atoms with E-state index >= 15 is 0 Å². The molecule has 17 heavy (non-hydrogen) atoms. The summed E-state index contributed by atoms with van der Waals surface area (Å²) in [6, 6.07) is 9.12. The molecule has 1 nitrogen and oxygen atoms in total. The van der Waals surface area contributed by atoms with Gasteiger partial charge in [-0.3, -0.25) is 0 Å². The largest absolute Gasteiger partial charge is 0.314 e. The first kappa shape index (κ1) is 14.7. The van der Waals surface area contributed by atoms with Crippen LogP contribution in [-0.4, -0.2) is 12.6 Å². The molecule has 1 rings (SSSR count). The van der Waals surface area contributed by atoms with E-state index in [0.29, 0.717) is 6.04 Å². The number of hydrogen-bond donors (Lipinski definition) is 1. The molecule has 0 amide bonds. The molecule has 0 bridgehead atoms. The lowest BCUT2D eigenvalue weighted by atomic mass is 9.94. The summed E-state index contributed by atoms with van der Waals surface area (Å²) in [5.41, 5.74) is 1.40. The van der Waals surface area contributed by atoms with Gasteiger partial charge < -0.3 is 5.32 Å². The molecule has 0 saturated heterocycles. The van der Waals surface area contributed by atoms with Gasteiger partial charge in [-0.15, -0.1) is 0 Å². The summed E-state index contributed by atoms with van der Waals surface area (Å²) in [5, 5.41) is 3.60. The Labute approximate surface area is 114 Å². The maximum Gasteiger partial charge on any atom is 0.0207 e. The van der Waals surface area contributed by atoms with Gasteiger partial charge in [0, 0.05) is 10.5 Å². The molecule has 1 aromatic carbocycles. The van der Waals surface area contributed by atoms with Gasteiger partial charge in [-0.25, -0.2) is 0 Å². The molecular weight excluding hydrogens is 274 g/mol. The Morgan fingerprint density at radius 3 is 2.53 bits per heavy atom. The summed E-state index contributed by atoms with van der Waals surface area (Å²) in [7, 11) is 0. The van der Waals surface area contributed by atoms with E-state index in [2.05, 4.69) is 66.3 Å². The Morgan fingerprint density at radius 1 is 1.24 bits per heavy atom. The fourth-order valence-corrected chi connectivity index (χ4v) is 2.56. The SMILES string of the molecule is CCNC(Cc1ccccc1Br)CC(C)CC. The maximum absolute atomic E-state index is 3.63. The van der Waals surface area contributed by atoms with Crippen LogP contribution >= 0.6 is 15.9 Å². The Morgan fingerprint density at radius 2 is 1.94 bits per heavy atom. The lowest BCUT2D eigenvalue weighted by Gasteiger charge is -2.21. The fourth-order valence-electron chi connectivity index (χ4n) is 2.11. The topological polar surface area (TPSA) is 12.0 Å². The van der Waals surface area contributed by atoms with E-state index in [4.69, 9.17) is 0 Å². The lowest BCUT2D eigenvalue weighted by molar-refractivity contribution is 0.397. The van der Waals surface area contributed by atoms with Crippen molar-refractivity contribution < 1.29 is 0 Å². The third-order valence-electron chi connectivity index (χ3n) is 3.30. The first-order valence-corrected chi connectivity index (χ1v) is 7.43. The summed E-state index contributed by atoms with van der Waals surface area (Å²) < 4.78 is 1.23. The zero-order valence-corrected chi connectivity index (χ0v) is 12.8. The second kappa shape index (κ2) is 7.88. The minimum absolute atomic E-state index is 0.591. The van der Waals surface area contributed by atoms with Gasteiger partial charge in [0.05, 0.1) is 0 Å². The molecule has 1 aromatic rings. The average molecular weight is 298 g/mol. The van der Waals surface area contributed by atoms with Crippen LogP contribution in [0.25, 0.3) is 0 Å². The molecule has 0 aliphatic carbocycles. The minimum Gasteiger partial charge on any atom is -0.314 e. The van der Waals surface area contributed by atoms with Gasteiger partial charge in [0.1, 0.15) is 0 Å². The molecule has 2 heteroatoms. The van der Waals surface area contributed by atoms with Crippen molar-refractivity contribution in [1.82, 2.24) is 5.32 Å². The summed E-state index contributed by atoms with van der Waals surface area (Å²) in [6.07, 6.45) is 3.63. The van der Waals surface area contributed by atoms with Crippen LogP contribution < -0.4 is 5.32 Å². The van der Waals surface area contributed by atoms with Crippen LogP contribution in [0.4, 0.5) is 0 Å². The third kappa shape index (κ3) is 5.22. The van der Waals surface area contributed by atoms with Crippen LogP contribution in [0.5, 0.6) is 0 Å². The Hall–Kier alpha value is -0.340. The van der Waals surface area contributed by atoms with Crippen molar-refractivity contribution in [1.29, 1.82) is 0 Å². The zero-order chi connectivity index (χ0) is 12.7. The highest BCUT2D eigenvalue weighted by atomic mass is 79.9. The van der Waals surface area contributed by atoms with Crippen molar-refractivity contribution in [2.45, 2.75) is 46.1 Å². The highest BCUT2D eigenvalue weighted by Crippen LogP contribution is 2.20. The number of nitrogens with one attached hydrogen (secondary N) is 1. The average Bonchev–Trinajstić information content (AvgIpc) is 2.32. The summed E-state index contributed by atoms with van der Waals surface area (Å²) in [5.74, 6) is 0.793. The van der Waals surface area contributed by atoms with E-state index in [1.807, 2.05) is 0 Å². The first-order valence-electron chi connectivity index (χ1n) is 6.64. The lowest BCUT2D eigenvalue weighted by Crippen LogP contribution is -2.32. The summed E-state index contributed by atoms with van der Waals surface area (Å²) >= 11 is 3.63. The second-order valence-corrected chi connectivity index (χ2v) is 5.65. The molecule has 0 aliphatic rings. The number of likely N-dealkylation sites (N-methyl/N-ethyl adjacent to an activating group) is 1. The fraction of sp³-hybridized carbons (Fsp3) is 0.600. The van der Waals surface area contributed by atoms with Gasteiger partial charge >= 0.3 is 0 Å². The van der Waals surface area contributed by atoms with Gasteiger partial charge in [-0.1, -0.05) is 61.3 Å². The minimum atomic E-state index is 0.591. The van der Waals surface area contributed by atoms with Gasteiger partial charge in [-0.2, -0.15) is 0 Å². The van der Waals surface area contributed by atoms with Gasteiger partial charge in [0.15, 0.2) is 0 Å². The van der Waals surface area contributed by atoms with Crippen molar-refractivity contribution >= 4 is 15.9 Å². The van der Waals surface area contributed by atoms with E-state index in [0.717, 1.165) is 18.9 Å². The number of rotatable bonds is 7. The van der Waals surface area contributed by atoms with Gasteiger partial charge in [0.2, 0.25) is 0 Å². The van der Waals surface area contributed by atoms with E-state index in [9.17, 15) is 0 Å². The first-order chi connectivity index (χ1) is 8.17. The molecule has 0 heterocycles. The maximum atomic E-state index is 3.63. The molecule has 0 saturated carbocycles. The predicted octanol–water partition coefficient (Wildman–Crippen LogP) is 4.41. The molecule has 0 aromatic heterocycles. The molecule has 1 N–H and O–H groups in total. The quantitative estimate of drug-likeness (QED) is 0.786. The van der Waals surface area contributed by atoms with Crippen molar-refractivity contribution in [3.63, 3.8) is 0 Å². The molecule has 0 fully saturated rings. The Bertz CT molecular complexity index is 324. The summed E-state index contributed by atoms with van der Waals surface area (Å²) in [6.45, 7) is 7.84. The van der Waals surface area contributed by atoms with E-state index in [-0.39, 0.29) is 0 Å². The standard InChI is InChI=1S/C15H24BrN/c1-4-12(3)10-14(17-5-2)11-13-8-6-7-9-15(13)16/h6-9,12,14,17H,4-5,10-11H2,1-3H3. The Balaban J connectivity index is 2.63. The molecule has 2 unspecified atom stereocenters. The normalized spacial score (nSPS) is 14.6. The van der Waals surface area contributed by atoms with E-state index in [1.165, 1.54) is 22.9 Å². The highest BCUT2D eigenvalue weighted by Gasteiger charge is 2.13. The third-order valence-corrected chi connectivity index (χ3v) is 4.07. The monoisotopic (exact) mass is 297 g/mol. The van der Waals surface area contributed by atoms with Crippen molar-refractivity contribution in [2.75, 3.05) is 6.54 Å². The Kier molecular flexibility index (Phi) is 6.83. The second-order valence-electron chi connectivity index (χ2n) is 4.80. The molecular formula is C15H24BrN. The predicted molar refractivity (Wildman–Crippen MR) is 79.4 cm³/mol. The number of hydrogen-bond acceptors (Lipinski definition) is 1. The number of benzene rings is 1. The van der Waals surface area contributed by atoms with Gasteiger partial charge in [0.25, 0.3) is 0 Å². The van der Waals surface area contributed by atoms with Crippen molar-refractivity contribution in [3.05, 3.63) is 34.3 Å². The van der Waals surface area contributed by atoms with Crippen LogP contribution in [0, 0.1) is 5.92 Å². The van der Waals surface area contributed by atoms with E-state index in [1.54, 1.807) is 0 Å². The van der Waals surface area contributed by atoms with Crippen molar-refractivity contribution in [2.24, 2.45) is 5.92 Å². The molecule has 2 atom stereocenters. The van der Waals surface area contributed by atoms with Crippen LogP contribution in [0.2, 0.25) is 0 Å². The number of halogens is 1. The van der Waals surface area contributed by atoms with E-state index < -0.39 is 0 Å². The highest BCUT2D eigenvalue weighted by molar-refractivity contribution is 9.10. The molecule has 96 valence electrons. The smallest absolute Gasteiger partial charge is 0.0207 e. The van der Waals surface area contributed by atoms with Crippen LogP contribution in [0.15, 0.2) is 28.7 Å². The molecule has 0 spiro atoms. The summed E-state index contributed by atoms with van der Waals surface area (Å²) in [4.78, 5) is 0.